The van der Waals surface area contributed by atoms with Crippen LogP contribution in [-0.2, 0) is 9.47 Å². The van der Waals surface area contributed by atoms with E-state index in [2.05, 4.69) is 10.1 Å². The van der Waals surface area contributed by atoms with Gasteiger partial charge in [-0.2, -0.15) is 5.10 Å². The minimum absolute atomic E-state index is 0.191. The third-order valence-corrected chi connectivity index (χ3v) is 4.03. The number of hydrogen-bond donors (Lipinski definition) is 0. The van der Waals surface area contributed by atoms with E-state index >= 15 is 0 Å². The average molecular weight is 331 g/mol. The molecule has 0 saturated heterocycles. The molecular formula is C15H13N3O4S. The summed E-state index contributed by atoms with van der Waals surface area (Å²) in [6.45, 7) is 1.96. The molecule has 0 bridgehead atoms. The maximum atomic E-state index is 12.0. The predicted molar refractivity (Wildman–Crippen MR) is 83.6 cm³/mol. The molecule has 3 aromatic heterocycles. The van der Waals surface area contributed by atoms with Gasteiger partial charge >= 0.3 is 11.9 Å². The number of fused-ring (bicyclic) bond motifs is 1. The Morgan fingerprint density at radius 1 is 1.35 bits per heavy atom. The second-order valence-electron chi connectivity index (χ2n) is 4.51. The fraction of sp³-hybridized carbons (Fsp3) is 0.200. The van der Waals surface area contributed by atoms with Gasteiger partial charge in [0.1, 0.15) is 5.56 Å². The van der Waals surface area contributed by atoms with E-state index in [9.17, 15) is 9.59 Å². The first-order valence-corrected chi connectivity index (χ1v) is 7.71. The van der Waals surface area contributed by atoms with E-state index in [4.69, 9.17) is 9.47 Å². The summed E-state index contributed by atoms with van der Waals surface area (Å²) in [7, 11) is 1.29. The minimum atomic E-state index is -0.561. The number of rotatable bonds is 4. The van der Waals surface area contributed by atoms with Gasteiger partial charge in [0.15, 0.2) is 11.3 Å². The molecule has 118 valence electrons. The normalized spacial score (nSPS) is 10.7. The van der Waals surface area contributed by atoms with Crippen molar-refractivity contribution >= 4 is 28.9 Å². The Morgan fingerprint density at radius 3 is 2.83 bits per heavy atom. The molecule has 0 atom stereocenters. The summed E-state index contributed by atoms with van der Waals surface area (Å²) in [6.07, 6.45) is 1.34. The van der Waals surface area contributed by atoms with Gasteiger partial charge in [-0.15, -0.1) is 11.3 Å². The second-order valence-corrected chi connectivity index (χ2v) is 5.46. The number of ether oxygens (including phenoxy) is 2. The highest BCUT2D eigenvalue weighted by Crippen LogP contribution is 2.25. The molecule has 0 amide bonds. The molecule has 0 spiro atoms. The van der Waals surface area contributed by atoms with Crippen LogP contribution in [0.25, 0.3) is 16.2 Å². The van der Waals surface area contributed by atoms with Crippen molar-refractivity contribution in [3.8, 4) is 10.6 Å². The number of esters is 2. The van der Waals surface area contributed by atoms with Gasteiger partial charge in [-0.25, -0.2) is 19.1 Å². The van der Waals surface area contributed by atoms with Gasteiger partial charge in [-0.3, -0.25) is 0 Å². The third kappa shape index (κ3) is 2.68. The van der Waals surface area contributed by atoms with Crippen molar-refractivity contribution in [1.29, 1.82) is 0 Å². The fourth-order valence-electron chi connectivity index (χ4n) is 2.12. The number of aromatic nitrogens is 3. The molecule has 0 fully saturated rings. The first-order valence-electron chi connectivity index (χ1n) is 6.83. The van der Waals surface area contributed by atoms with Crippen LogP contribution >= 0.6 is 11.3 Å². The Morgan fingerprint density at radius 2 is 2.17 bits per heavy atom. The van der Waals surface area contributed by atoms with Crippen LogP contribution in [0.2, 0.25) is 0 Å². The van der Waals surface area contributed by atoms with Gasteiger partial charge in [0.25, 0.3) is 0 Å². The number of carbonyl (C=O) groups excluding carboxylic acids is 2. The summed E-state index contributed by atoms with van der Waals surface area (Å²) in [5, 5.41) is 5.97. The van der Waals surface area contributed by atoms with Gasteiger partial charge in [0.05, 0.1) is 30.5 Å². The lowest BCUT2D eigenvalue weighted by Crippen LogP contribution is -2.11. The second kappa shape index (κ2) is 6.17. The molecule has 7 nitrogen and oxygen atoms in total. The van der Waals surface area contributed by atoms with E-state index in [0.717, 1.165) is 4.88 Å². The van der Waals surface area contributed by atoms with Crippen molar-refractivity contribution in [2.24, 2.45) is 0 Å². The van der Waals surface area contributed by atoms with Crippen LogP contribution in [-0.4, -0.2) is 40.3 Å². The third-order valence-electron chi connectivity index (χ3n) is 3.14. The molecule has 0 aliphatic rings. The van der Waals surface area contributed by atoms with Crippen LogP contribution in [0.4, 0.5) is 0 Å². The Hall–Kier alpha value is -2.74. The average Bonchev–Trinajstić information content (AvgIpc) is 3.22. The van der Waals surface area contributed by atoms with Crippen LogP contribution in [0.15, 0.2) is 29.8 Å². The maximum absolute atomic E-state index is 12.0. The van der Waals surface area contributed by atoms with E-state index in [0.29, 0.717) is 5.69 Å². The summed E-state index contributed by atoms with van der Waals surface area (Å²) in [6, 6.07) is 5.35. The lowest BCUT2D eigenvalue weighted by Gasteiger charge is -2.06. The molecule has 23 heavy (non-hydrogen) atoms. The zero-order valence-corrected chi connectivity index (χ0v) is 13.3. The standard InChI is InChI=1S/C15H13N3O4S/c1-3-22-14(19)9-8-16-18-11(15(20)21-2)7-10(17-13(9)18)12-5-4-6-23-12/h4-8H,3H2,1-2H3. The zero-order chi connectivity index (χ0) is 16.4. The minimum Gasteiger partial charge on any atom is -0.464 e. The van der Waals surface area contributed by atoms with Gasteiger partial charge in [-0.1, -0.05) is 6.07 Å². The Labute approximate surface area is 135 Å². The molecule has 8 heteroatoms. The van der Waals surface area contributed by atoms with Crippen LogP contribution in [0.5, 0.6) is 0 Å². The van der Waals surface area contributed by atoms with Crippen LogP contribution in [0.1, 0.15) is 27.8 Å². The highest BCUT2D eigenvalue weighted by molar-refractivity contribution is 7.13. The monoisotopic (exact) mass is 331 g/mol. The van der Waals surface area contributed by atoms with E-state index in [1.165, 1.54) is 29.2 Å². The van der Waals surface area contributed by atoms with Crippen molar-refractivity contribution in [2.75, 3.05) is 13.7 Å². The van der Waals surface area contributed by atoms with E-state index in [-0.39, 0.29) is 23.5 Å². The molecule has 0 aliphatic heterocycles. The van der Waals surface area contributed by atoms with Gasteiger partial charge < -0.3 is 9.47 Å². The highest BCUT2D eigenvalue weighted by Gasteiger charge is 2.21. The Kier molecular flexibility index (Phi) is 4.07. The molecular weight excluding hydrogens is 318 g/mol. The summed E-state index contributed by atoms with van der Waals surface area (Å²) < 4.78 is 11.1. The molecule has 3 aromatic rings. The van der Waals surface area contributed by atoms with Gasteiger partial charge in [-0.05, 0) is 24.4 Å². The lowest BCUT2D eigenvalue weighted by molar-refractivity contribution is 0.0526. The van der Waals surface area contributed by atoms with E-state index in [1.54, 1.807) is 13.0 Å². The molecule has 0 saturated carbocycles. The summed E-state index contributed by atoms with van der Waals surface area (Å²) in [5.74, 6) is -1.09. The van der Waals surface area contributed by atoms with Crippen molar-refractivity contribution in [3.63, 3.8) is 0 Å². The number of methoxy groups -OCH3 is 1. The Bertz CT molecular complexity index is 870. The smallest absolute Gasteiger partial charge is 0.356 e. The molecule has 0 N–H and O–H groups in total. The summed E-state index contributed by atoms with van der Waals surface area (Å²) >= 11 is 1.48. The molecule has 0 unspecified atom stereocenters. The number of hydrogen-bond acceptors (Lipinski definition) is 7. The van der Waals surface area contributed by atoms with E-state index in [1.807, 2.05) is 17.5 Å². The topological polar surface area (TPSA) is 82.8 Å². The largest absolute Gasteiger partial charge is 0.464 e. The first kappa shape index (κ1) is 15.2. The van der Waals surface area contributed by atoms with Crippen LogP contribution in [0, 0.1) is 0 Å². The number of nitrogens with zero attached hydrogens (tertiary/aromatic N) is 3. The lowest BCUT2D eigenvalue weighted by atomic mass is 10.2. The molecule has 0 radical (unpaired) electrons. The molecule has 0 aliphatic carbocycles. The number of thiophene rings is 1. The van der Waals surface area contributed by atoms with Gasteiger partial charge in [0.2, 0.25) is 0 Å². The fourth-order valence-corrected chi connectivity index (χ4v) is 2.80. The maximum Gasteiger partial charge on any atom is 0.356 e. The highest BCUT2D eigenvalue weighted by atomic mass is 32.1. The quantitative estimate of drug-likeness (QED) is 0.683. The van der Waals surface area contributed by atoms with Crippen molar-refractivity contribution in [3.05, 3.63) is 41.0 Å². The summed E-state index contributed by atoms with van der Waals surface area (Å²) in [4.78, 5) is 29.4. The van der Waals surface area contributed by atoms with E-state index < -0.39 is 11.9 Å². The van der Waals surface area contributed by atoms with Crippen LogP contribution in [0.3, 0.4) is 0 Å². The molecule has 0 aromatic carbocycles. The SMILES string of the molecule is CCOC(=O)c1cnn2c(C(=O)OC)cc(-c3cccs3)nc12. The molecule has 3 rings (SSSR count). The van der Waals surface area contributed by atoms with Crippen molar-refractivity contribution < 1.29 is 19.1 Å². The predicted octanol–water partition coefficient (Wildman–Crippen LogP) is 2.42. The zero-order valence-electron chi connectivity index (χ0n) is 12.5. The first-order chi connectivity index (χ1) is 11.2. The summed E-state index contributed by atoms with van der Waals surface area (Å²) in [5.41, 5.74) is 1.22. The Balaban J connectivity index is 2.25. The van der Waals surface area contributed by atoms with Crippen molar-refractivity contribution in [2.45, 2.75) is 6.92 Å². The van der Waals surface area contributed by atoms with Crippen LogP contribution < -0.4 is 0 Å². The van der Waals surface area contributed by atoms with Crippen molar-refractivity contribution in [1.82, 2.24) is 14.6 Å². The molecule has 3 heterocycles. The van der Waals surface area contributed by atoms with Gasteiger partial charge in [0, 0.05) is 0 Å². The number of carbonyl (C=O) groups is 2.